The zero-order chi connectivity index (χ0) is 21.0. The fraction of sp³-hybridized carbons (Fsp3) is 0.261. The van der Waals surface area contributed by atoms with Gasteiger partial charge >= 0.3 is 6.18 Å². The van der Waals surface area contributed by atoms with Crippen LogP contribution in [0.15, 0.2) is 72.9 Å². The van der Waals surface area contributed by atoms with E-state index in [1.54, 1.807) is 0 Å². The molecule has 0 spiro atoms. The molecular weight excluding hydrogens is 391 g/mol. The van der Waals surface area contributed by atoms with Crippen LogP contribution < -0.4 is 9.64 Å². The van der Waals surface area contributed by atoms with E-state index in [9.17, 15) is 13.2 Å². The molecule has 2 aromatic carbocycles. The zero-order valence-electron chi connectivity index (χ0n) is 16.3. The van der Waals surface area contributed by atoms with E-state index in [-0.39, 0.29) is 5.88 Å². The summed E-state index contributed by atoms with van der Waals surface area (Å²) < 4.78 is 43.4. The molecule has 4 rings (SSSR count). The van der Waals surface area contributed by atoms with Crippen molar-refractivity contribution in [3.8, 4) is 11.6 Å². The number of hydrogen-bond donors (Lipinski definition) is 0. The maximum Gasteiger partial charge on any atom is 0.417 e. The first-order valence-electron chi connectivity index (χ1n) is 9.80. The summed E-state index contributed by atoms with van der Waals surface area (Å²) in [6.07, 6.45) is -3.63. The lowest BCUT2D eigenvalue weighted by Gasteiger charge is -2.36. The number of hydrogen-bond acceptors (Lipinski definition) is 4. The highest BCUT2D eigenvalue weighted by Crippen LogP contribution is 2.30. The van der Waals surface area contributed by atoms with Gasteiger partial charge in [-0.15, -0.1) is 0 Å². The molecule has 0 amide bonds. The number of para-hydroxylation sites is 1. The third kappa shape index (κ3) is 5.10. The van der Waals surface area contributed by atoms with Crippen LogP contribution in [0.3, 0.4) is 0 Å². The van der Waals surface area contributed by atoms with Crippen molar-refractivity contribution in [1.82, 2.24) is 9.88 Å². The van der Waals surface area contributed by atoms with Crippen LogP contribution in [0.1, 0.15) is 11.1 Å². The van der Waals surface area contributed by atoms with Gasteiger partial charge in [-0.25, -0.2) is 4.98 Å². The fourth-order valence-electron chi connectivity index (χ4n) is 3.45. The lowest BCUT2D eigenvalue weighted by molar-refractivity contribution is -0.137. The van der Waals surface area contributed by atoms with Crippen LogP contribution in [-0.4, -0.2) is 36.1 Å². The Morgan fingerprint density at radius 2 is 1.53 bits per heavy atom. The smallest absolute Gasteiger partial charge is 0.417 e. The molecule has 0 unspecified atom stereocenters. The van der Waals surface area contributed by atoms with Crippen LogP contribution in [0.5, 0.6) is 11.6 Å². The van der Waals surface area contributed by atoms with Crippen molar-refractivity contribution in [3.63, 3.8) is 0 Å². The third-order valence-corrected chi connectivity index (χ3v) is 5.11. The van der Waals surface area contributed by atoms with Crippen LogP contribution in [0.4, 0.5) is 18.9 Å². The lowest BCUT2D eigenvalue weighted by atomic mass is 10.2. The molecule has 3 aromatic rings. The first-order chi connectivity index (χ1) is 14.5. The highest BCUT2D eigenvalue weighted by Gasteiger charge is 2.30. The summed E-state index contributed by atoms with van der Waals surface area (Å²) in [4.78, 5) is 8.54. The highest BCUT2D eigenvalue weighted by atomic mass is 19.4. The topological polar surface area (TPSA) is 28.6 Å². The Hall–Kier alpha value is -3.06. The molecular formula is C23H22F3N3O. The van der Waals surface area contributed by atoms with Gasteiger partial charge in [0.05, 0.1) is 5.56 Å². The average Bonchev–Trinajstić information content (AvgIpc) is 2.76. The molecule has 0 bridgehead atoms. The number of piperazine rings is 1. The first-order valence-corrected chi connectivity index (χ1v) is 9.80. The Morgan fingerprint density at radius 3 is 2.13 bits per heavy atom. The molecule has 4 nitrogen and oxygen atoms in total. The van der Waals surface area contributed by atoms with E-state index in [1.165, 1.54) is 11.8 Å². The first kappa shape index (κ1) is 20.2. The number of alkyl halides is 3. The Balaban J connectivity index is 1.29. The van der Waals surface area contributed by atoms with Gasteiger partial charge < -0.3 is 9.64 Å². The van der Waals surface area contributed by atoms with Crippen molar-refractivity contribution >= 4 is 5.69 Å². The van der Waals surface area contributed by atoms with Gasteiger partial charge in [-0.1, -0.05) is 30.3 Å². The van der Waals surface area contributed by atoms with E-state index < -0.39 is 11.7 Å². The van der Waals surface area contributed by atoms with Crippen LogP contribution in [0.25, 0.3) is 0 Å². The fourth-order valence-corrected chi connectivity index (χ4v) is 3.45. The number of aromatic nitrogens is 1. The second-order valence-corrected chi connectivity index (χ2v) is 7.23. The van der Waals surface area contributed by atoms with Crippen LogP contribution >= 0.6 is 0 Å². The minimum absolute atomic E-state index is 0.132. The van der Waals surface area contributed by atoms with E-state index >= 15 is 0 Å². The number of anilines is 1. The van der Waals surface area contributed by atoms with Gasteiger partial charge in [0, 0.05) is 50.7 Å². The molecule has 1 fully saturated rings. The number of nitrogens with zero attached hydrogens (tertiary/aromatic N) is 3. The molecule has 7 heteroatoms. The standard InChI is InChI=1S/C23H22F3N3O/c24-23(25,26)19-8-11-22(27-16-19)30-21-9-6-18(7-10-21)17-28-12-14-29(15-13-28)20-4-2-1-3-5-20/h1-11,16H,12-15,17H2. The van der Waals surface area contributed by atoms with Crippen molar-refractivity contribution in [2.75, 3.05) is 31.1 Å². The third-order valence-electron chi connectivity index (χ3n) is 5.11. The number of ether oxygens (including phenoxy) is 1. The highest BCUT2D eigenvalue weighted by molar-refractivity contribution is 5.46. The van der Waals surface area contributed by atoms with E-state index in [0.29, 0.717) is 5.75 Å². The molecule has 0 radical (unpaired) electrons. The molecule has 0 atom stereocenters. The number of halogens is 3. The van der Waals surface area contributed by atoms with Gasteiger partial charge in [0.2, 0.25) is 5.88 Å². The molecule has 1 saturated heterocycles. The second kappa shape index (κ2) is 8.75. The summed E-state index contributed by atoms with van der Waals surface area (Å²) in [5.74, 6) is 0.674. The molecule has 156 valence electrons. The average molecular weight is 413 g/mol. The molecule has 0 aliphatic carbocycles. The van der Waals surface area contributed by atoms with Crippen molar-refractivity contribution in [1.29, 1.82) is 0 Å². The van der Waals surface area contributed by atoms with E-state index in [4.69, 9.17) is 4.74 Å². The second-order valence-electron chi connectivity index (χ2n) is 7.23. The Bertz CT molecular complexity index is 936. The van der Waals surface area contributed by atoms with Gasteiger partial charge in [-0.2, -0.15) is 13.2 Å². The molecule has 1 aromatic heterocycles. The maximum atomic E-state index is 12.6. The summed E-state index contributed by atoms with van der Waals surface area (Å²) in [7, 11) is 0. The Labute approximate surface area is 173 Å². The molecule has 1 aliphatic rings. The molecule has 0 N–H and O–H groups in total. The summed E-state index contributed by atoms with van der Waals surface area (Å²) in [5, 5.41) is 0. The predicted molar refractivity (Wildman–Crippen MR) is 110 cm³/mol. The van der Waals surface area contributed by atoms with Crippen LogP contribution in [0.2, 0.25) is 0 Å². The van der Waals surface area contributed by atoms with Gasteiger partial charge in [0.25, 0.3) is 0 Å². The van der Waals surface area contributed by atoms with Crippen LogP contribution in [-0.2, 0) is 12.7 Å². The van der Waals surface area contributed by atoms with E-state index in [0.717, 1.165) is 50.6 Å². The van der Waals surface area contributed by atoms with E-state index in [1.807, 2.05) is 30.3 Å². The van der Waals surface area contributed by atoms with Gasteiger partial charge in [0.1, 0.15) is 5.75 Å². The number of rotatable bonds is 5. The minimum Gasteiger partial charge on any atom is -0.439 e. The minimum atomic E-state index is -4.40. The molecule has 0 saturated carbocycles. The summed E-state index contributed by atoms with van der Waals surface area (Å²) in [6, 6.07) is 20.2. The quantitative estimate of drug-likeness (QED) is 0.574. The largest absolute Gasteiger partial charge is 0.439 e. The summed E-state index contributed by atoms with van der Waals surface area (Å²) in [5.41, 5.74) is 1.63. The Morgan fingerprint density at radius 1 is 0.833 bits per heavy atom. The monoisotopic (exact) mass is 413 g/mol. The number of pyridine rings is 1. The van der Waals surface area contributed by atoms with Crippen LogP contribution in [0, 0.1) is 0 Å². The number of benzene rings is 2. The van der Waals surface area contributed by atoms with Crippen molar-refractivity contribution in [2.45, 2.75) is 12.7 Å². The van der Waals surface area contributed by atoms with Gasteiger partial charge in [0.15, 0.2) is 0 Å². The summed E-state index contributed by atoms with van der Waals surface area (Å²) >= 11 is 0. The van der Waals surface area contributed by atoms with E-state index in [2.05, 4.69) is 39.0 Å². The summed E-state index contributed by atoms with van der Waals surface area (Å²) in [6.45, 7) is 4.81. The zero-order valence-corrected chi connectivity index (χ0v) is 16.3. The normalized spacial score (nSPS) is 15.2. The van der Waals surface area contributed by atoms with Crippen molar-refractivity contribution < 1.29 is 17.9 Å². The molecule has 1 aliphatic heterocycles. The lowest BCUT2D eigenvalue weighted by Crippen LogP contribution is -2.45. The van der Waals surface area contributed by atoms with Gasteiger partial charge in [-0.3, -0.25) is 4.90 Å². The van der Waals surface area contributed by atoms with Crippen molar-refractivity contribution in [2.24, 2.45) is 0 Å². The predicted octanol–water partition coefficient (Wildman–Crippen LogP) is 5.21. The van der Waals surface area contributed by atoms with Gasteiger partial charge in [-0.05, 0) is 35.9 Å². The Kier molecular flexibility index (Phi) is 5.90. The maximum absolute atomic E-state index is 12.6. The molecule has 2 heterocycles. The molecule has 30 heavy (non-hydrogen) atoms. The van der Waals surface area contributed by atoms with Crippen molar-refractivity contribution in [3.05, 3.63) is 84.1 Å². The SMILES string of the molecule is FC(F)(F)c1ccc(Oc2ccc(CN3CCN(c4ccccc4)CC3)cc2)nc1.